The minimum atomic E-state index is -0.938. The number of carbonyl (C=O) groups excluding carboxylic acids is 5. The number of amides is 5. The highest BCUT2D eigenvalue weighted by molar-refractivity contribution is 5.92. The van der Waals surface area contributed by atoms with Crippen LogP contribution in [0, 0.1) is 5.41 Å². The van der Waals surface area contributed by atoms with Crippen molar-refractivity contribution in [3.8, 4) is 0 Å². The Morgan fingerprint density at radius 2 is 1.30 bits per heavy atom. The Balaban J connectivity index is 2.63. The molecule has 5 N–H and O–H groups in total. The summed E-state index contributed by atoms with van der Waals surface area (Å²) < 4.78 is 0. The van der Waals surface area contributed by atoms with Crippen molar-refractivity contribution >= 4 is 29.5 Å². The fraction of sp³-hybridized carbons (Fsp3) is 0.522. The van der Waals surface area contributed by atoms with E-state index in [-0.39, 0.29) is 49.7 Å². The van der Waals surface area contributed by atoms with Gasteiger partial charge in [0.05, 0.1) is 19.6 Å². The van der Waals surface area contributed by atoms with Crippen LogP contribution in [0.4, 0.5) is 0 Å². The first-order valence-electron chi connectivity index (χ1n) is 10.9. The molecule has 10 nitrogen and oxygen atoms in total. The largest absolute Gasteiger partial charge is 0.354 e. The van der Waals surface area contributed by atoms with Gasteiger partial charge in [-0.05, 0) is 11.0 Å². The van der Waals surface area contributed by atoms with E-state index in [9.17, 15) is 24.0 Å². The van der Waals surface area contributed by atoms with Crippen LogP contribution in [-0.2, 0) is 30.4 Å². The minimum absolute atomic E-state index is 0.0900. The lowest BCUT2D eigenvalue weighted by Crippen LogP contribution is -2.52. The van der Waals surface area contributed by atoms with Gasteiger partial charge in [0.25, 0.3) is 0 Å². The molecule has 1 aromatic rings. The normalized spacial score (nSPS) is 11.6. The van der Waals surface area contributed by atoms with Gasteiger partial charge in [-0.2, -0.15) is 0 Å². The van der Waals surface area contributed by atoms with E-state index < -0.39 is 23.8 Å². The average molecular weight is 462 g/mol. The van der Waals surface area contributed by atoms with Gasteiger partial charge in [-0.15, -0.1) is 0 Å². The van der Waals surface area contributed by atoms with Crippen molar-refractivity contribution in [1.29, 1.82) is 0 Å². The van der Waals surface area contributed by atoms with Gasteiger partial charge >= 0.3 is 0 Å². The standard InChI is InChI=1S/C23H35N5O5/c1-5-18(29)24-12-19(30)25-14-21(32)28-17(11-16-9-7-6-8-10-16)22(33)26-13-20(31)27-15-23(2,3)4/h6-10,17H,5,11-15H2,1-4H3,(H,24,29)(H,25,30)(H,26,33)(H,27,31)(H,28,32). The molecular formula is C23H35N5O5. The molecule has 1 aromatic carbocycles. The summed E-state index contributed by atoms with van der Waals surface area (Å²) in [5.41, 5.74) is 0.731. The van der Waals surface area contributed by atoms with Gasteiger partial charge in [-0.25, -0.2) is 0 Å². The summed E-state index contributed by atoms with van der Waals surface area (Å²) in [6, 6.07) is 8.17. The Morgan fingerprint density at radius 1 is 0.758 bits per heavy atom. The maximum absolute atomic E-state index is 12.7. The molecule has 0 saturated heterocycles. The summed E-state index contributed by atoms with van der Waals surface area (Å²) >= 11 is 0. The maximum Gasteiger partial charge on any atom is 0.243 e. The molecule has 182 valence electrons. The first kappa shape index (κ1) is 27.6. The van der Waals surface area contributed by atoms with Crippen LogP contribution in [0.3, 0.4) is 0 Å². The molecule has 1 rings (SSSR count). The molecule has 10 heteroatoms. The molecular weight excluding hydrogens is 426 g/mol. The number of carbonyl (C=O) groups is 5. The highest BCUT2D eigenvalue weighted by Crippen LogP contribution is 2.09. The SMILES string of the molecule is CCC(=O)NCC(=O)NCC(=O)NC(Cc1ccccc1)C(=O)NCC(=O)NCC(C)(C)C. The molecule has 0 radical (unpaired) electrons. The summed E-state index contributed by atoms with van der Waals surface area (Å²) in [6.45, 7) is 7.25. The lowest BCUT2D eigenvalue weighted by molar-refractivity contribution is -0.131. The van der Waals surface area contributed by atoms with Gasteiger partial charge in [0.2, 0.25) is 29.5 Å². The smallest absolute Gasteiger partial charge is 0.243 e. The number of benzene rings is 1. The molecule has 0 aromatic heterocycles. The lowest BCUT2D eigenvalue weighted by Gasteiger charge is -2.20. The molecule has 0 bridgehead atoms. The van der Waals surface area contributed by atoms with Gasteiger partial charge in [0.1, 0.15) is 6.04 Å². The Morgan fingerprint density at radius 3 is 1.91 bits per heavy atom. The van der Waals surface area contributed by atoms with Crippen molar-refractivity contribution in [2.75, 3.05) is 26.2 Å². The van der Waals surface area contributed by atoms with E-state index in [4.69, 9.17) is 0 Å². The zero-order valence-corrected chi connectivity index (χ0v) is 19.7. The third-order valence-electron chi connectivity index (χ3n) is 4.39. The highest BCUT2D eigenvalue weighted by Gasteiger charge is 2.22. The Kier molecular flexibility index (Phi) is 11.6. The summed E-state index contributed by atoms with van der Waals surface area (Å²) in [6.07, 6.45) is 0.459. The van der Waals surface area contributed by atoms with Crippen molar-refractivity contribution in [1.82, 2.24) is 26.6 Å². The quantitative estimate of drug-likeness (QED) is 0.288. The second kappa shape index (κ2) is 13.9. The van der Waals surface area contributed by atoms with Crippen molar-refractivity contribution in [3.63, 3.8) is 0 Å². The Hall–Kier alpha value is -3.43. The monoisotopic (exact) mass is 461 g/mol. The zero-order chi connectivity index (χ0) is 24.9. The van der Waals surface area contributed by atoms with Gasteiger partial charge in [-0.3, -0.25) is 24.0 Å². The van der Waals surface area contributed by atoms with E-state index >= 15 is 0 Å². The van der Waals surface area contributed by atoms with E-state index in [1.807, 2.05) is 51.1 Å². The molecule has 0 saturated carbocycles. The van der Waals surface area contributed by atoms with Gasteiger partial charge < -0.3 is 26.6 Å². The molecule has 0 aliphatic rings. The van der Waals surface area contributed by atoms with E-state index in [1.165, 1.54) is 0 Å². The van der Waals surface area contributed by atoms with Crippen molar-refractivity contribution in [3.05, 3.63) is 35.9 Å². The lowest BCUT2D eigenvalue weighted by atomic mass is 9.97. The molecule has 0 spiro atoms. The van der Waals surface area contributed by atoms with Crippen LogP contribution >= 0.6 is 0 Å². The Bertz CT molecular complexity index is 820. The second-order valence-electron chi connectivity index (χ2n) is 8.77. The van der Waals surface area contributed by atoms with Gasteiger partial charge in [0.15, 0.2) is 0 Å². The maximum atomic E-state index is 12.7. The molecule has 0 aliphatic heterocycles. The second-order valence-corrected chi connectivity index (χ2v) is 8.77. The van der Waals surface area contributed by atoms with Crippen molar-refractivity contribution in [2.24, 2.45) is 5.41 Å². The predicted octanol–water partition coefficient (Wildman–Crippen LogP) is -0.365. The van der Waals surface area contributed by atoms with Gasteiger partial charge in [0, 0.05) is 19.4 Å². The van der Waals surface area contributed by atoms with E-state index in [1.54, 1.807) is 6.92 Å². The van der Waals surface area contributed by atoms with Crippen LogP contribution in [0.25, 0.3) is 0 Å². The third kappa shape index (κ3) is 12.9. The number of hydrogen-bond acceptors (Lipinski definition) is 5. The van der Waals surface area contributed by atoms with Crippen LogP contribution in [0.2, 0.25) is 0 Å². The number of hydrogen-bond donors (Lipinski definition) is 5. The zero-order valence-electron chi connectivity index (χ0n) is 19.7. The predicted molar refractivity (Wildman–Crippen MR) is 124 cm³/mol. The van der Waals surface area contributed by atoms with E-state index in [0.29, 0.717) is 6.54 Å². The van der Waals surface area contributed by atoms with Crippen LogP contribution in [0.1, 0.15) is 39.7 Å². The van der Waals surface area contributed by atoms with E-state index in [2.05, 4.69) is 26.6 Å². The first-order valence-corrected chi connectivity index (χ1v) is 10.9. The fourth-order valence-electron chi connectivity index (χ4n) is 2.57. The van der Waals surface area contributed by atoms with Crippen LogP contribution in [-0.4, -0.2) is 61.8 Å². The topological polar surface area (TPSA) is 146 Å². The first-order chi connectivity index (χ1) is 15.5. The molecule has 0 aliphatic carbocycles. The fourth-order valence-corrected chi connectivity index (χ4v) is 2.57. The molecule has 33 heavy (non-hydrogen) atoms. The average Bonchev–Trinajstić information content (AvgIpc) is 2.77. The molecule has 0 heterocycles. The third-order valence-corrected chi connectivity index (χ3v) is 4.39. The number of nitrogens with one attached hydrogen (secondary N) is 5. The number of rotatable bonds is 12. The van der Waals surface area contributed by atoms with Crippen molar-refractivity contribution < 1.29 is 24.0 Å². The van der Waals surface area contributed by atoms with Crippen LogP contribution in [0.5, 0.6) is 0 Å². The Labute approximate surface area is 194 Å². The molecule has 0 fully saturated rings. The molecule has 5 amide bonds. The molecule has 1 atom stereocenters. The molecule has 1 unspecified atom stereocenters. The summed E-state index contributed by atoms with van der Waals surface area (Å²) in [5.74, 6) is -2.21. The minimum Gasteiger partial charge on any atom is -0.354 e. The summed E-state index contributed by atoms with van der Waals surface area (Å²) in [4.78, 5) is 60.0. The van der Waals surface area contributed by atoms with Crippen LogP contribution < -0.4 is 26.6 Å². The highest BCUT2D eigenvalue weighted by atomic mass is 16.2. The van der Waals surface area contributed by atoms with Crippen LogP contribution in [0.15, 0.2) is 30.3 Å². The van der Waals surface area contributed by atoms with E-state index in [0.717, 1.165) is 5.56 Å². The van der Waals surface area contributed by atoms with Crippen molar-refractivity contribution in [2.45, 2.75) is 46.6 Å². The summed E-state index contributed by atoms with van der Waals surface area (Å²) in [5, 5.41) is 12.7. The summed E-state index contributed by atoms with van der Waals surface area (Å²) in [7, 11) is 0. The van der Waals surface area contributed by atoms with Gasteiger partial charge in [-0.1, -0.05) is 58.0 Å².